The van der Waals surface area contributed by atoms with Gasteiger partial charge in [0.25, 0.3) is 0 Å². The predicted molar refractivity (Wildman–Crippen MR) is 147 cm³/mol. The van der Waals surface area contributed by atoms with Crippen molar-refractivity contribution in [2.45, 2.75) is 103 Å². The topological polar surface area (TPSA) is 54.4 Å². The van der Waals surface area contributed by atoms with Gasteiger partial charge in [-0.1, -0.05) is 101 Å². The van der Waals surface area contributed by atoms with Crippen LogP contribution in [0, 0.1) is 3.57 Å². The number of aromatic carboxylic acids is 1. The highest BCUT2D eigenvalue weighted by molar-refractivity contribution is 14.1. The van der Waals surface area contributed by atoms with Crippen molar-refractivity contribution in [1.29, 1.82) is 0 Å². The molecule has 0 aromatic heterocycles. The molecule has 4 heteroatoms. The minimum absolute atomic E-state index is 0.218. The van der Waals surface area contributed by atoms with Gasteiger partial charge in [0, 0.05) is 0 Å². The van der Waals surface area contributed by atoms with Gasteiger partial charge < -0.3 is 5.11 Å². The maximum Gasteiger partial charge on any atom is 0.337 e. The summed E-state index contributed by atoms with van der Waals surface area (Å²) >= 11 is -1.50. The van der Waals surface area contributed by atoms with Crippen LogP contribution in [0.15, 0.2) is 42.5 Å². The van der Waals surface area contributed by atoms with Gasteiger partial charge in [-0.25, -0.2) is 4.79 Å². The van der Waals surface area contributed by atoms with E-state index in [0.717, 1.165) is 23.6 Å². The van der Waals surface area contributed by atoms with Gasteiger partial charge in [-0.05, 0) is 60.9 Å². The number of aryl methyl sites for hydroxylation is 1. The molecule has 0 saturated heterocycles. The molecule has 0 aliphatic heterocycles. The largest absolute Gasteiger partial charge is 0.478 e. The first-order valence-corrected chi connectivity index (χ1v) is 14.8. The number of rotatable bonds is 18. The van der Waals surface area contributed by atoms with E-state index in [-0.39, 0.29) is 5.56 Å². The van der Waals surface area contributed by atoms with E-state index in [1.165, 1.54) is 89.0 Å². The average Bonchev–Trinajstić information content (AvgIpc) is 2.82. The van der Waals surface area contributed by atoms with E-state index >= 15 is 0 Å². The van der Waals surface area contributed by atoms with Crippen molar-refractivity contribution in [2.24, 2.45) is 0 Å². The van der Waals surface area contributed by atoms with E-state index in [9.17, 15) is 13.0 Å². The first-order chi connectivity index (χ1) is 16.2. The highest BCUT2D eigenvalue weighted by Gasteiger charge is 2.16. The maximum atomic E-state index is 11.7. The fourth-order valence-electron chi connectivity index (χ4n) is 4.46. The molecule has 0 bridgehead atoms. The van der Waals surface area contributed by atoms with Crippen molar-refractivity contribution < 1.29 is 13.0 Å². The van der Waals surface area contributed by atoms with Crippen molar-refractivity contribution in [3.63, 3.8) is 0 Å². The Morgan fingerprint density at radius 1 is 0.788 bits per heavy atom. The Morgan fingerprint density at radius 3 is 2.00 bits per heavy atom. The van der Waals surface area contributed by atoms with Crippen LogP contribution in [-0.2, 0) is 9.49 Å². The van der Waals surface area contributed by atoms with Crippen molar-refractivity contribution in [1.82, 2.24) is 0 Å². The number of benzene rings is 2. The molecule has 0 fully saturated rings. The van der Waals surface area contributed by atoms with Gasteiger partial charge in [0.2, 0.25) is 0 Å². The minimum Gasteiger partial charge on any atom is -0.478 e. The van der Waals surface area contributed by atoms with Crippen molar-refractivity contribution in [3.05, 3.63) is 57.2 Å². The van der Waals surface area contributed by atoms with E-state index in [1.807, 2.05) is 18.2 Å². The molecule has 1 N–H and O–H groups in total. The fraction of sp³-hybridized carbons (Fsp3) is 0.552. The first kappa shape index (κ1) is 27.7. The summed E-state index contributed by atoms with van der Waals surface area (Å²) in [5.74, 6) is -0.987. The molecule has 0 spiro atoms. The molecule has 0 atom stereocenters. The summed E-state index contributed by atoms with van der Waals surface area (Å²) in [7, 11) is 0. The van der Waals surface area contributed by atoms with Crippen molar-refractivity contribution in [3.8, 4) is 0 Å². The Balaban J connectivity index is 1.61. The Hall–Kier alpha value is -1.56. The van der Waals surface area contributed by atoms with Gasteiger partial charge in [0.05, 0.1) is 9.13 Å². The molecule has 3 nitrogen and oxygen atoms in total. The number of hydrogen-bond acceptors (Lipinski definition) is 2. The lowest BCUT2D eigenvalue weighted by molar-refractivity contribution is 0.0698. The quantitative estimate of drug-likeness (QED) is 0.111. The number of hydrogen-bond donors (Lipinski definition) is 1. The number of allylic oxidation sites excluding steroid dienone is 2. The summed E-state index contributed by atoms with van der Waals surface area (Å²) in [5.41, 5.74) is 1.41. The number of carboxylic acids is 1. The zero-order chi connectivity index (χ0) is 23.7. The monoisotopic (exact) mass is 564 g/mol. The molecule has 33 heavy (non-hydrogen) atoms. The lowest BCUT2D eigenvalue weighted by Crippen LogP contribution is -2.02. The minimum atomic E-state index is -1.50. The summed E-state index contributed by atoms with van der Waals surface area (Å²) in [5, 5.41) is 11.3. The first-order valence-electron chi connectivity index (χ1n) is 12.9. The molecule has 0 unspecified atom stereocenters. The Labute approximate surface area is 210 Å². The summed E-state index contributed by atoms with van der Waals surface area (Å²) in [6, 6.07) is 9.53. The molecule has 2 aromatic carbocycles. The van der Waals surface area contributed by atoms with Gasteiger partial charge >= 0.3 is 5.97 Å². The zero-order valence-electron chi connectivity index (χ0n) is 20.3. The maximum absolute atomic E-state index is 11.7. The van der Waals surface area contributed by atoms with Crippen LogP contribution in [0.2, 0.25) is 0 Å². The third-order valence-corrected chi connectivity index (χ3v) is 7.73. The highest BCUT2D eigenvalue weighted by atomic mass is 127. The Morgan fingerprint density at radius 2 is 1.39 bits per heavy atom. The number of carboxylic acid groups (broad SMARTS) is 1. The van der Waals surface area contributed by atoms with Crippen LogP contribution in [0.5, 0.6) is 0 Å². The van der Waals surface area contributed by atoms with Crippen LogP contribution in [0.25, 0.3) is 10.8 Å². The molecule has 0 aliphatic carbocycles. The molecule has 0 saturated carbocycles. The standard InChI is InChI=1S/C29H41IO3/c1-2-3-4-5-6-7-8-9-10-11-12-13-14-15-16-17-19-24-20-18-21-26-25(24)22-23-27(30-33)28(26)29(31)32/h11-12,18,20-23H,2-10,13-17,19H2,1H3,(H,31,32). The van der Waals surface area contributed by atoms with E-state index < -0.39 is 27.2 Å². The van der Waals surface area contributed by atoms with Gasteiger partial charge in [0.1, 0.15) is 0 Å². The molecule has 2 rings (SSSR count). The third-order valence-electron chi connectivity index (χ3n) is 6.36. The fourth-order valence-corrected chi connectivity index (χ4v) is 5.53. The molecule has 0 aliphatic rings. The summed E-state index contributed by atoms with van der Waals surface area (Å²) in [4.78, 5) is 11.7. The summed E-state index contributed by atoms with van der Waals surface area (Å²) in [6.45, 7) is 2.27. The van der Waals surface area contributed by atoms with Crippen molar-refractivity contribution in [2.75, 3.05) is 0 Å². The normalized spacial score (nSPS) is 11.5. The lowest BCUT2D eigenvalue weighted by atomic mass is 9.96. The highest BCUT2D eigenvalue weighted by Crippen LogP contribution is 2.29. The predicted octanol–water partition coefficient (Wildman–Crippen LogP) is 9.60. The van der Waals surface area contributed by atoms with Crippen LogP contribution < -0.4 is 0 Å². The average molecular weight is 565 g/mol. The van der Waals surface area contributed by atoms with Crippen LogP contribution in [-0.4, -0.2) is 11.1 Å². The molecule has 0 amide bonds. The SMILES string of the molecule is CCCCCCCCCCC=CCCCCCCc1cccc2c(C(=O)O)c(I=O)ccc12. The molecule has 0 radical (unpaired) electrons. The van der Waals surface area contributed by atoms with Gasteiger partial charge in [-0.15, -0.1) is 0 Å². The second-order valence-corrected chi connectivity index (χ2v) is 10.6. The van der Waals surface area contributed by atoms with E-state index in [0.29, 0.717) is 3.57 Å². The van der Waals surface area contributed by atoms with E-state index in [2.05, 4.69) is 25.1 Å². The number of fused-ring (bicyclic) bond motifs is 1. The molecule has 182 valence electrons. The zero-order valence-corrected chi connectivity index (χ0v) is 22.4. The number of halogens is 1. The van der Waals surface area contributed by atoms with Crippen LogP contribution in [0.4, 0.5) is 0 Å². The van der Waals surface area contributed by atoms with Gasteiger partial charge in [-0.3, -0.25) is 3.07 Å². The number of unbranched alkanes of at least 4 members (excludes halogenated alkanes) is 12. The van der Waals surface area contributed by atoms with Crippen molar-refractivity contribution >= 4 is 37.9 Å². The smallest absolute Gasteiger partial charge is 0.337 e. The number of carbonyl (C=O) groups is 1. The third kappa shape index (κ3) is 10.1. The lowest BCUT2D eigenvalue weighted by Gasteiger charge is -2.10. The van der Waals surface area contributed by atoms with Crippen LogP contribution in [0.1, 0.15) is 113 Å². The molecule has 0 heterocycles. The van der Waals surface area contributed by atoms with Gasteiger partial charge in [0.15, 0.2) is 21.2 Å². The summed E-state index contributed by atoms with van der Waals surface area (Å²) < 4.78 is 11.9. The second-order valence-electron chi connectivity index (χ2n) is 9.00. The van der Waals surface area contributed by atoms with Crippen LogP contribution >= 0.6 is 21.2 Å². The Bertz CT molecular complexity index is 888. The van der Waals surface area contributed by atoms with E-state index in [4.69, 9.17) is 0 Å². The molecule has 2 aromatic rings. The Kier molecular flexibility index (Phi) is 14.2. The van der Waals surface area contributed by atoms with Crippen LogP contribution in [0.3, 0.4) is 0 Å². The second kappa shape index (κ2) is 17.0. The van der Waals surface area contributed by atoms with E-state index in [1.54, 1.807) is 6.07 Å². The van der Waals surface area contributed by atoms with Gasteiger partial charge in [-0.2, -0.15) is 0 Å². The summed E-state index contributed by atoms with van der Waals surface area (Å²) in [6.07, 6.45) is 23.9. The molecular formula is C29H41IO3. The molecular weight excluding hydrogens is 523 g/mol.